The van der Waals surface area contributed by atoms with Crippen LogP contribution in [0.25, 0.3) is 0 Å². The fourth-order valence-electron chi connectivity index (χ4n) is 0.621. The van der Waals surface area contributed by atoms with Crippen LogP contribution in [0.1, 0.15) is 13.8 Å². The van der Waals surface area contributed by atoms with Crippen LogP contribution < -0.4 is 0 Å². The first-order chi connectivity index (χ1) is 4.41. The summed E-state index contributed by atoms with van der Waals surface area (Å²) < 4.78 is 10.4. The fourth-order valence-corrected chi connectivity index (χ4v) is 2.07. The van der Waals surface area contributed by atoms with Crippen molar-refractivity contribution in [2.75, 3.05) is 13.2 Å². The Labute approximate surface area is 66.4 Å². The lowest BCUT2D eigenvalue weighted by Crippen LogP contribution is -2.28. The zero-order chi connectivity index (χ0) is 7.83. The van der Waals surface area contributed by atoms with Crippen LogP contribution in [0, 0.1) is 5.41 Å². The standard InChI is InChI=1S/C6H12ClO2P/c1-6(2)4-8-10(3,7)9-5-6/h3-5H2,1-2H3. The van der Waals surface area contributed by atoms with E-state index in [0.29, 0.717) is 13.2 Å². The van der Waals surface area contributed by atoms with Crippen LogP contribution in [0.3, 0.4) is 0 Å². The van der Waals surface area contributed by atoms with Gasteiger partial charge in [0, 0.05) is 5.41 Å². The lowest BCUT2D eigenvalue weighted by Gasteiger charge is -2.34. The summed E-state index contributed by atoms with van der Waals surface area (Å²) in [6.07, 6.45) is 3.63. The molecule has 0 spiro atoms. The average Bonchev–Trinajstić information content (AvgIpc) is 1.79. The highest BCUT2D eigenvalue weighted by Crippen LogP contribution is 2.57. The minimum atomic E-state index is -2.19. The van der Waals surface area contributed by atoms with Gasteiger partial charge in [0.25, 0.3) is 0 Å². The van der Waals surface area contributed by atoms with E-state index in [-0.39, 0.29) is 5.41 Å². The molecule has 0 unspecified atom stereocenters. The molecule has 0 saturated carbocycles. The molecule has 1 rings (SSSR count). The minimum absolute atomic E-state index is 0.0933. The molecule has 0 amide bonds. The topological polar surface area (TPSA) is 18.5 Å². The molecule has 0 bridgehead atoms. The van der Waals surface area contributed by atoms with E-state index in [1.165, 1.54) is 0 Å². The Morgan fingerprint density at radius 2 is 1.80 bits per heavy atom. The van der Waals surface area contributed by atoms with Gasteiger partial charge in [-0.2, -0.15) is 0 Å². The highest BCUT2D eigenvalue weighted by atomic mass is 35.7. The van der Waals surface area contributed by atoms with Crippen LogP contribution in [-0.4, -0.2) is 19.5 Å². The summed E-state index contributed by atoms with van der Waals surface area (Å²) in [5.74, 6) is 0. The predicted molar refractivity (Wildman–Crippen MR) is 45.6 cm³/mol. The maximum absolute atomic E-state index is 5.75. The zero-order valence-corrected chi connectivity index (χ0v) is 7.91. The molecule has 0 aromatic carbocycles. The van der Waals surface area contributed by atoms with Gasteiger partial charge in [-0.05, 0) is 17.5 Å². The van der Waals surface area contributed by atoms with Crippen LogP contribution in [0.2, 0.25) is 0 Å². The van der Waals surface area contributed by atoms with Crippen molar-refractivity contribution in [3.05, 3.63) is 0 Å². The summed E-state index contributed by atoms with van der Waals surface area (Å²) in [5.41, 5.74) is 0.0933. The molecule has 4 heteroatoms. The molecule has 10 heavy (non-hydrogen) atoms. The molecule has 60 valence electrons. The Kier molecular flexibility index (Phi) is 2.17. The van der Waals surface area contributed by atoms with E-state index in [1.54, 1.807) is 0 Å². The highest BCUT2D eigenvalue weighted by Gasteiger charge is 2.29. The fraction of sp³-hybridized carbons (Fsp3) is 0.833. The Balaban J connectivity index is 2.54. The first-order valence-corrected chi connectivity index (χ1v) is 5.85. The Morgan fingerprint density at radius 3 is 2.10 bits per heavy atom. The van der Waals surface area contributed by atoms with E-state index in [2.05, 4.69) is 20.1 Å². The SMILES string of the molecule is C=P1(Cl)OCC(C)(C)CO1. The third-order valence-corrected chi connectivity index (χ3v) is 2.91. The van der Waals surface area contributed by atoms with Crippen molar-refractivity contribution in [3.63, 3.8) is 0 Å². The molecule has 2 nitrogen and oxygen atoms in total. The molecular weight excluding hydrogens is 170 g/mol. The first kappa shape index (κ1) is 8.61. The van der Waals surface area contributed by atoms with Gasteiger partial charge in [0.2, 0.25) is 6.69 Å². The van der Waals surface area contributed by atoms with Gasteiger partial charge in [-0.1, -0.05) is 13.8 Å². The lowest BCUT2D eigenvalue weighted by molar-refractivity contribution is 0.0658. The quantitative estimate of drug-likeness (QED) is 0.536. The summed E-state index contributed by atoms with van der Waals surface area (Å²) in [5, 5.41) is 0. The Hall–Kier alpha value is 0.510. The monoisotopic (exact) mass is 182 g/mol. The molecule has 1 aliphatic heterocycles. The zero-order valence-electron chi connectivity index (χ0n) is 6.26. The number of hydrogen-bond donors (Lipinski definition) is 0. The molecule has 0 aliphatic carbocycles. The molecular formula is C6H12ClO2P. The van der Waals surface area contributed by atoms with Gasteiger partial charge in [-0.3, -0.25) is 0 Å². The third-order valence-electron chi connectivity index (χ3n) is 1.30. The highest BCUT2D eigenvalue weighted by molar-refractivity contribution is 7.89. The molecule has 0 aromatic heterocycles. The van der Waals surface area contributed by atoms with Crippen molar-refractivity contribution >= 4 is 24.2 Å². The van der Waals surface area contributed by atoms with Crippen molar-refractivity contribution in [2.45, 2.75) is 13.8 Å². The van der Waals surface area contributed by atoms with Crippen molar-refractivity contribution in [1.82, 2.24) is 0 Å². The third kappa shape index (κ3) is 2.28. The van der Waals surface area contributed by atoms with Crippen molar-refractivity contribution in [3.8, 4) is 0 Å². The molecule has 0 N–H and O–H groups in total. The average molecular weight is 183 g/mol. The summed E-state index contributed by atoms with van der Waals surface area (Å²) >= 11 is 5.75. The summed E-state index contributed by atoms with van der Waals surface area (Å²) in [4.78, 5) is 0. The first-order valence-electron chi connectivity index (χ1n) is 3.13. The number of rotatable bonds is 0. The Bertz CT molecular complexity index is 165. The van der Waals surface area contributed by atoms with E-state index in [9.17, 15) is 0 Å². The van der Waals surface area contributed by atoms with Crippen molar-refractivity contribution < 1.29 is 9.05 Å². The second kappa shape index (κ2) is 2.53. The molecule has 1 fully saturated rings. The van der Waals surface area contributed by atoms with Crippen LogP contribution in [0.15, 0.2) is 0 Å². The summed E-state index contributed by atoms with van der Waals surface area (Å²) in [6.45, 7) is 3.24. The lowest BCUT2D eigenvalue weighted by atomic mass is 9.97. The van der Waals surface area contributed by atoms with E-state index in [4.69, 9.17) is 20.3 Å². The Morgan fingerprint density at radius 1 is 1.40 bits per heavy atom. The van der Waals surface area contributed by atoms with Gasteiger partial charge in [0.05, 0.1) is 13.2 Å². The van der Waals surface area contributed by atoms with Crippen LogP contribution >= 0.6 is 17.9 Å². The molecule has 1 saturated heterocycles. The van der Waals surface area contributed by atoms with Gasteiger partial charge in [-0.25, -0.2) is 0 Å². The molecule has 1 aliphatic rings. The van der Waals surface area contributed by atoms with Crippen molar-refractivity contribution in [2.24, 2.45) is 5.41 Å². The van der Waals surface area contributed by atoms with E-state index >= 15 is 0 Å². The predicted octanol–water partition coefficient (Wildman–Crippen LogP) is 2.49. The largest absolute Gasteiger partial charge is 0.326 e. The van der Waals surface area contributed by atoms with Crippen LogP contribution in [0.4, 0.5) is 0 Å². The van der Waals surface area contributed by atoms with Crippen LogP contribution in [-0.2, 0) is 9.05 Å². The van der Waals surface area contributed by atoms with Crippen molar-refractivity contribution in [1.29, 1.82) is 0 Å². The number of hydrogen-bond acceptors (Lipinski definition) is 2. The maximum atomic E-state index is 5.75. The summed E-state index contributed by atoms with van der Waals surface area (Å²) in [7, 11) is 0. The van der Waals surface area contributed by atoms with Crippen LogP contribution in [0.5, 0.6) is 0 Å². The second-order valence-corrected chi connectivity index (χ2v) is 6.54. The second-order valence-electron chi connectivity index (χ2n) is 3.30. The van der Waals surface area contributed by atoms with E-state index in [0.717, 1.165) is 0 Å². The molecule has 0 aromatic rings. The number of halogens is 1. The van der Waals surface area contributed by atoms with Gasteiger partial charge in [0.1, 0.15) is 0 Å². The van der Waals surface area contributed by atoms with E-state index < -0.39 is 6.69 Å². The molecule has 1 heterocycles. The van der Waals surface area contributed by atoms with E-state index in [1.807, 2.05) is 0 Å². The van der Waals surface area contributed by atoms with Gasteiger partial charge in [0.15, 0.2) is 0 Å². The normalized spacial score (nSPS) is 29.9. The van der Waals surface area contributed by atoms with Gasteiger partial charge < -0.3 is 9.05 Å². The molecule has 0 atom stereocenters. The summed E-state index contributed by atoms with van der Waals surface area (Å²) in [6, 6.07) is 0. The maximum Gasteiger partial charge on any atom is 0.208 e. The minimum Gasteiger partial charge on any atom is -0.326 e. The smallest absolute Gasteiger partial charge is 0.208 e. The molecule has 0 radical (unpaired) electrons. The van der Waals surface area contributed by atoms with Gasteiger partial charge in [-0.15, -0.1) is 0 Å². The van der Waals surface area contributed by atoms with Gasteiger partial charge >= 0.3 is 0 Å².